The van der Waals surface area contributed by atoms with E-state index < -0.39 is 23.4 Å². The molecule has 0 spiro atoms. The lowest BCUT2D eigenvalue weighted by atomic mass is 10.3. The molecule has 0 amide bonds. The number of nitrogens with zero attached hydrogens (tertiary/aromatic N) is 2. The number of aliphatic hydroxyl groups is 1. The molecule has 1 atom stereocenters. The van der Waals surface area contributed by atoms with Crippen LogP contribution in [0.15, 0.2) is 4.52 Å². The Morgan fingerprint density at radius 2 is 2.31 bits per heavy atom. The summed E-state index contributed by atoms with van der Waals surface area (Å²) in [7, 11) is 0. The topological polar surface area (TPSA) is 85.2 Å². The van der Waals surface area contributed by atoms with Gasteiger partial charge in [0.25, 0.3) is 0 Å². The Morgan fingerprint density at radius 1 is 1.69 bits per heavy atom. The second kappa shape index (κ2) is 3.64. The van der Waals surface area contributed by atoms with Crippen LogP contribution in [0.25, 0.3) is 0 Å². The van der Waals surface area contributed by atoms with Crippen LogP contribution in [-0.4, -0.2) is 21.9 Å². The first kappa shape index (κ1) is 10.5. The molecule has 1 heterocycles. The van der Waals surface area contributed by atoms with E-state index in [9.17, 15) is 8.78 Å². The van der Waals surface area contributed by atoms with Crippen molar-refractivity contribution < 1.29 is 18.4 Å². The molecule has 0 aromatic carbocycles. The van der Waals surface area contributed by atoms with Gasteiger partial charge in [-0.2, -0.15) is 13.8 Å². The van der Waals surface area contributed by atoms with Crippen LogP contribution in [0.4, 0.5) is 8.78 Å². The van der Waals surface area contributed by atoms with Gasteiger partial charge in [-0.15, -0.1) is 0 Å². The highest BCUT2D eigenvalue weighted by Gasteiger charge is 2.35. The second-order valence-corrected chi connectivity index (χ2v) is 3.24. The highest BCUT2D eigenvalue weighted by atomic mass is 79.9. The molecule has 0 aliphatic heterocycles. The van der Waals surface area contributed by atoms with Crippen molar-refractivity contribution in [2.45, 2.75) is 10.9 Å². The molecule has 0 saturated heterocycles. The van der Waals surface area contributed by atoms with E-state index in [4.69, 9.17) is 10.8 Å². The Labute approximate surface area is 80.0 Å². The normalized spacial score (nSPS) is 14.5. The first-order valence-electron chi connectivity index (χ1n) is 3.22. The summed E-state index contributed by atoms with van der Waals surface area (Å²) in [5.74, 6) is -1.04. The lowest BCUT2D eigenvalue weighted by molar-refractivity contribution is 0.0725. The maximum Gasteiger partial charge on any atom is 0.378 e. The molecule has 0 radical (unpaired) electrons. The van der Waals surface area contributed by atoms with Crippen LogP contribution in [-0.2, 0) is 4.83 Å². The number of aromatic nitrogens is 2. The lowest BCUT2D eigenvalue weighted by Crippen LogP contribution is -2.16. The summed E-state index contributed by atoms with van der Waals surface area (Å²) < 4.78 is 29.1. The Balaban J connectivity index is 2.87. The van der Waals surface area contributed by atoms with E-state index in [0.717, 1.165) is 0 Å². The first-order chi connectivity index (χ1) is 5.95. The molecule has 1 unspecified atom stereocenters. The van der Waals surface area contributed by atoms with Crippen LogP contribution in [0.3, 0.4) is 0 Å². The average molecular weight is 258 g/mol. The van der Waals surface area contributed by atoms with Crippen molar-refractivity contribution in [1.82, 2.24) is 10.1 Å². The molecular weight excluding hydrogens is 252 g/mol. The highest BCUT2D eigenvalue weighted by molar-refractivity contribution is 9.09. The van der Waals surface area contributed by atoms with Crippen LogP contribution in [0, 0.1) is 0 Å². The average Bonchev–Trinajstić information content (AvgIpc) is 2.50. The van der Waals surface area contributed by atoms with Gasteiger partial charge in [-0.1, -0.05) is 5.16 Å². The zero-order valence-corrected chi connectivity index (χ0v) is 7.83. The molecule has 0 bridgehead atoms. The lowest BCUT2D eigenvalue weighted by Gasteiger charge is -2.00. The Morgan fingerprint density at radius 3 is 2.69 bits per heavy atom. The minimum atomic E-state index is -3.37. The third-order valence-electron chi connectivity index (χ3n) is 1.21. The van der Waals surface area contributed by atoms with E-state index in [2.05, 4.69) is 14.7 Å². The molecular formula is C5H6BrF2N3O2. The van der Waals surface area contributed by atoms with Gasteiger partial charge in [-0.05, 0) is 0 Å². The number of nitrogens with two attached hydrogens (primary N) is 1. The molecule has 74 valence electrons. The molecule has 1 aromatic rings. The second-order valence-electron chi connectivity index (χ2n) is 2.24. The van der Waals surface area contributed by atoms with Crippen molar-refractivity contribution in [3.63, 3.8) is 0 Å². The van der Waals surface area contributed by atoms with Gasteiger partial charge < -0.3 is 15.4 Å². The van der Waals surface area contributed by atoms with E-state index in [1.807, 2.05) is 15.9 Å². The molecule has 0 aliphatic rings. The van der Waals surface area contributed by atoms with Crippen LogP contribution >= 0.6 is 15.9 Å². The predicted molar refractivity (Wildman–Crippen MR) is 41.1 cm³/mol. The third kappa shape index (κ3) is 2.42. The monoisotopic (exact) mass is 257 g/mol. The molecule has 0 aliphatic carbocycles. The molecule has 3 N–H and O–H groups in total. The molecule has 13 heavy (non-hydrogen) atoms. The van der Waals surface area contributed by atoms with Gasteiger partial charge in [0.1, 0.15) is 0 Å². The molecule has 8 heteroatoms. The van der Waals surface area contributed by atoms with Crippen molar-refractivity contribution in [2.75, 3.05) is 6.61 Å². The summed E-state index contributed by atoms with van der Waals surface area (Å²) in [5, 5.41) is 11.7. The van der Waals surface area contributed by atoms with Gasteiger partial charge in [0.2, 0.25) is 0 Å². The zero-order chi connectivity index (χ0) is 10.1. The summed E-state index contributed by atoms with van der Waals surface area (Å²) >= 11 is 2.04. The SMILES string of the molecule is NC(CO)c1noc(C(F)(F)Br)n1. The van der Waals surface area contributed by atoms with Crippen LogP contribution in [0.1, 0.15) is 17.8 Å². The van der Waals surface area contributed by atoms with Gasteiger partial charge in [-0.25, -0.2) is 0 Å². The number of hydrogen-bond acceptors (Lipinski definition) is 5. The molecule has 1 aromatic heterocycles. The summed E-state index contributed by atoms with van der Waals surface area (Å²) in [5.41, 5.74) is 5.26. The standard InChI is InChI=1S/C5H6BrF2N3O2/c6-5(7,8)4-10-3(11-13-4)2(9)1-12/h2,12H,1,9H2. The van der Waals surface area contributed by atoms with E-state index >= 15 is 0 Å². The highest BCUT2D eigenvalue weighted by Crippen LogP contribution is 2.33. The fraction of sp³-hybridized carbons (Fsp3) is 0.600. The van der Waals surface area contributed by atoms with Gasteiger partial charge >= 0.3 is 10.7 Å². The Kier molecular flexibility index (Phi) is 2.94. The number of halogens is 3. The third-order valence-corrected chi connectivity index (χ3v) is 1.55. The van der Waals surface area contributed by atoms with Gasteiger partial charge in [0.05, 0.1) is 12.6 Å². The molecule has 0 fully saturated rings. The van der Waals surface area contributed by atoms with E-state index in [-0.39, 0.29) is 5.82 Å². The van der Waals surface area contributed by atoms with Crippen molar-refractivity contribution in [3.05, 3.63) is 11.7 Å². The van der Waals surface area contributed by atoms with E-state index in [1.54, 1.807) is 0 Å². The molecule has 0 saturated carbocycles. The molecule has 1 rings (SSSR count). The molecule has 5 nitrogen and oxygen atoms in total. The van der Waals surface area contributed by atoms with Gasteiger partial charge in [-0.3, -0.25) is 0 Å². The van der Waals surface area contributed by atoms with E-state index in [1.165, 1.54) is 0 Å². The van der Waals surface area contributed by atoms with Crippen LogP contribution < -0.4 is 5.73 Å². The Hall–Kier alpha value is -0.600. The minimum absolute atomic E-state index is 0.156. The largest absolute Gasteiger partial charge is 0.394 e. The van der Waals surface area contributed by atoms with Gasteiger partial charge in [0, 0.05) is 15.9 Å². The smallest absolute Gasteiger partial charge is 0.378 e. The number of aliphatic hydroxyl groups excluding tert-OH is 1. The predicted octanol–water partition coefficient (Wildman–Crippen LogP) is 0.506. The van der Waals surface area contributed by atoms with Gasteiger partial charge in [0.15, 0.2) is 5.82 Å². The van der Waals surface area contributed by atoms with Crippen molar-refractivity contribution in [1.29, 1.82) is 0 Å². The van der Waals surface area contributed by atoms with E-state index in [0.29, 0.717) is 0 Å². The fourth-order valence-corrected chi connectivity index (χ4v) is 0.743. The number of rotatable bonds is 3. The van der Waals surface area contributed by atoms with Crippen LogP contribution in [0.5, 0.6) is 0 Å². The number of hydrogen-bond donors (Lipinski definition) is 2. The quantitative estimate of drug-likeness (QED) is 0.771. The summed E-state index contributed by atoms with van der Waals surface area (Å²) in [4.78, 5) is -0.0750. The van der Waals surface area contributed by atoms with Crippen molar-refractivity contribution in [3.8, 4) is 0 Å². The number of alkyl halides is 3. The first-order valence-corrected chi connectivity index (χ1v) is 4.01. The van der Waals surface area contributed by atoms with Crippen molar-refractivity contribution in [2.24, 2.45) is 5.73 Å². The fourth-order valence-electron chi connectivity index (χ4n) is 0.582. The minimum Gasteiger partial charge on any atom is -0.394 e. The van der Waals surface area contributed by atoms with Crippen molar-refractivity contribution >= 4 is 15.9 Å². The van der Waals surface area contributed by atoms with Crippen LogP contribution in [0.2, 0.25) is 0 Å². The summed E-state index contributed by atoms with van der Waals surface area (Å²) in [6.45, 7) is -0.438. The summed E-state index contributed by atoms with van der Waals surface area (Å²) in [6, 6.07) is -0.910. The summed E-state index contributed by atoms with van der Waals surface area (Å²) in [6.07, 6.45) is 0. The zero-order valence-electron chi connectivity index (χ0n) is 6.25. The maximum absolute atomic E-state index is 12.5. The Bertz CT molecular complexity index is 288. The maximum atomic E-state index is 12.5.